The molecule has 0 bridgehead atoms. The summed E-state index contributed by atoms with van der Waals surface area (Å²) < 4.78 is 9.64. The molecule has 0 atom stereocenters. The van der Waals surface area contributed by atoms with Crippen LogP contribution in [-0.4, -0.2) is 41.4 Å². The molecule has 33 heavy (non-hydrogen) atoms. The van der Waals surface area contributed by atoms with Gasteiger partial charge >= 0.3 is 5.69 Å². The number of methoxy groups -OCH3 is 1. The van der Waals surface area contributed by atoms with Crippen molar-refractivity contribution >= 4 is 22.5 Å². The fourth-order valence-electron chi connectivity index (χ4n) is 3.61. The molecule has 0 aliphatic carbocycles. The molecule has 166 valence electrons. The van der Waals surface area contributed by atoms with Crippen LogP contribution in [0.4, 0.5) is 0 Å². The summed E-state index contributed by atoms with van der Waals surface area (Å²) in [5.41, 5.74) is 3.86. The van der Waals surface area contributed by atoms with Crippen LogP contribution in [0.25, 0.3) is 16.6 Å². The van der Waals surface area contributed by atoms with Crippen molar-refractivity contribution in [3.05, 3.63) is 93.5 Å². The first-order valence-electron chi connectivity index (χ1n) is 10.2. The van der Waals surface area contributed by atoms with Crippen molar-refractivity contribution in [3.63, 3.8) is 0 Å². The number of aryl methyl sites for hydroxylation is 1. The molecule has 0 saturated carbocycles. The highest BCUT2D eigenvalue weighted by Gasteiger charge is 2.12. The molecule has 3 aromatic heterocycles. The number of hydrogen-bond acceptors (Lipinski definition) is 6. The summed E-state index contributed by atoms with van der Waals surface area (Å²) in [7, 11) is 1.59. The SMILES string of the molecule is COc1ccc(-n2ncn(Cc3cn(Cc4cc5cc(C)ccc5nc4Cl)nn3)c2=O)cc1. The number of benzene rings is 2. The molecule has 0 N–H and O–H groups in total. The summed E-state index contributed by atoms with van der Waals surface area (Å²) in [6.07, 6.45) is 3.27. The number of halogens is 1. The summed E-state index contributed by atoms with van der Waals surface area (Å²) in [6, 6.07) is 15.2. The Labute approximate surface area is 193 Å². The largest absolute Gasteiger partial charge is 0.497 e. The number of nitrogens with zero attached hydrogens (tertiary/aromatic N) is 7. The molecular weight excluding hydrogens is 442 g/mol. The number of pyridine rings is 1. The van der Waals surface area contributed by atoms with Gasteiger partial charge in [0.25, 0.3) is 0 Å². The molecule has 0 unspecified atom stereocenters. The van der Waals surface area contributed by atoms with E-state index in [-0.39, 0.29) is 12.2 Å². The molecule has 0 spiro atoms. The molecular formula is C23H20ClN7O2. The van der Waals surface area contributed by atoms with E-state index in [4.69, 9.17) is 16.3 Å². The molecule has 0 amide bonds. The van der Waals surface area contributed by atoms with E-state index in [0.717, 1.165) is 22.0 Å². The van der Waals surface area contributed by atoms with Gasteiger partial charge in [0, 0.05) is 10.9 Å². The zero-order chi connectivity index (χ0) is 22.9. The third-order valence-electron chi connectivity index (χ3n) is 5.30. The van der Waals surface area contributed by atoms with Crippen molar-refractivity contribution in [2.75, 3.05) is 7.11 Å². The van der Waals surface area contributed by atoms with Gasteiger partial charge in [0.1, 0.15) is 22.9 Å². The fraction of sp³-hybridized carbons (Fsp3) is 0.174. The second-order valence-electron chi connectivity index (χ2n) is 7.69. The van der Waals surface area contributed by atoms with Gasteiger partial charge in [-0.2, -0.15) is 9.78 Å². The Morgan fingerprint density at radius 3 is 2.67 bits per heavy atom. The number of fused-ring (bicyclic) bond motifs is 1. The maximum atomic E-state index is 12.8. The average Bonchev–Trinajstić information content (AvgIpc) is 3.41. The minimum absolute atomic E-state index is 0.248. The zero-order valence-corrected chi connectivity index (χ0v) is 18.8. The highest BCUT2D eigenvalue weighted by Crippen LogP contribution is 2.22. The second-order valence-corrected chi connectivity index (χ2v) is 8.05. The van der Waals surface area contributed by atoms with Crippen molar-refractivity contribution in [2.24, 2.45) is 0 Å². The van der Waals surface area contributed by atoms with Crippen LogP contribution in [0, 0.1) is 6.92 Å². The molecule has 0 fully saturated rings. The van der Waals surface area contributed by atoms with E-state index >= 15 is 0 Å². The molecule has 9 nitrogen and oxygen atoms in total. The monoisotopic (exact) mass is 461 g/mol. The standard InChI is InChI=1S/C23H20ClN7O2/c1-15-3-8-21-16(9-15)10-17(22(24)26-21)11-30-13-18(27-28-30)12-29-14-25-31(23(29)32)19-4-6-20(33-2)7-5-19/h3-10,13-14H,11-12H2,1-2H3. The number of ether oxygens (including phenoxy) is 1. The normalized spacial score (nSPS) is 11.2. The van der Waals surface area contributed by atoms with Gasteiger partial charge in [0.15, 0.2) is 0 Å². The second kappa shape index (κ2) is 8.51. The third kappa shape index (κ3) is 4.22. The minimum Gasteiger partial charge on any atom is -0.497 e. The summed E-state index contributed by atoms with van der Waals surface area (Å²) in [4.78, 5) is 17.3. The van der Waals surface area contributed by atoms with Crippen LogP contribution in [0.2, 0.25) is 5.15 Å². The van der Waals surface area contributed by atoms with Crippen molar-refractivity contribution in [3.8, 4) is 11.4 Å². The summed E-state index contributed by atoms with van der Waals surface area (Å²) >= 11 is 6.39. The number of rotatable bonds is 6. The Morgan fingerprint density at radius 2 is 1.88 bits per heavy atom. The maximum absolute atomic E-state index is 12.8. The fourth-order valence-corrected chi connectivity index (χ4v) is 3.81. The molecule has 2 aromatic carbocycles. The molecule has 5 aromatic rings. The molecule has 5 rings (SSSR count). The van der Waals surface area contributed by atoms with Gasteiger partial charge in [-0.15, -0.1) is 5.10 Å². The highest BCUT2D eigenvalue weighted by atomic mass is 35.5. The van der Waals surface area contributed by atoms with Crippen LogP contribution < -0.4 is 10.4 Å². The van der Waals surface area contributed by atoms with Crippen molar-refractivity contribution in [1.29, 1.82) is 0 Å². The van der Waals surface area contributed by atoms with E-state index in [9.17, 15) is 4.79 Å². The highest BCUT2D eigenvalue weighted by molar-refractivity contribution is 6.30. The van der Waals surface area contributed by atoms with E-state index in [2.05, 4.69) is 26.5 Å². The number of aromatic nitrogens is 7. The van der Waals surface area contributed by atoms with Crippen molar-refractivity contribution < 1.29 is 4.74 Å². The van der Waals surface area contributed by atoms with E-state index in [1.165, 1.54) is 15.6 Å². The van der Waals surface area contributed by atoms with Crippen LogP contribution in [0.15, 0.2) is 65.8 Å². The molecule has 0 aliphatic rings. The first kappa shape index (κ1) is 20.9. The predicted octanol–water partition coefficient (Wildman–Crippen LogP) is 3.24. The van der Waals surface area contributed by atoms with Gasteiger partial charge in [-0.3, -0.25) is 4.57 Å². The molecule has 0 radical (unpaired) electrons. The topological polar surface area (TPSA) is 92.7 Å². The summed E-state index contributed by atoms with van der Waals surface area (Å²) in [5.74, 6) is 0.708. The van der Waals surface area contributed by atoms with Gasteiger partial charge in [-0.25, -0.2) is 14.5 Å². The first-order chi connectivity index (χ1) is 16.0. The van der Waals surface area contributed by atoms with Crippen molar-refractivity contribution in [1.82, 2.24) is 34.3 Å². The third-order valence-corrected chi connectivity index (χ3v) is 5.62. The van der Waals surface area contributed by atoms with Crippen LogP contribution >= 0.6 is 11.6 Å². The molecule has 0 saturated heterocycles. The van der Waals surface area contributed by atoms with Crippen LogP contribution in [0.1, 0.15) is 16.8 Å². The van der Waals surface area contributed by atoms with Gasteiger partial charge in [-0.05, 0) is 49.4 Å². The smallest absolute Gasteiger partial charge is 0.350 e. The molecule has 10 heteroatoms. The van der Waals surface area contributed by atoms with Crippen LogP contribution in [0.3, 0.4) is 0 Å². The van der Waals surface area contributed by atoms with Gasteiger partial charge in [-0.1, -0.05) is 28.4 Å². The van der Waals surface area contributed by atoms with Gasteiger partial charge in [0.2, 0.25) is 0 Å². The van der Waals surface area contributed by atoms with Gasteiger partial charge in [0.05, 0.1) is 37.6 Å². The average molecular weight is 462 g/mol. The van der Waals surface area contributed by atoms with E-state index in [0.29, 0.717) is 28.8 Å². The summed E-state index contributed by atoms with van der Waals surface area (Å²) in [5, 5.41) is 14.0. The Morgan fingerprint density at radius 1 is 1.06 bits per heavy atom. The van der Waals surface area contributed by atoms with Crippen molar-refractivity contribution in [2.45, 2.75) is 20.0 Å². The lowest BCUT2D eigenvalue weighted by molar-refractivity contribution is 0.414. The Balaban J connectivity index is 1.35. The quantitative estimate of drug-likeness (QED) is 0.360. The Kier molecular flexibility index (Phi) is 5.39. The predicted molar refractivity (Wildman–Crippen MR) is 124 cm³/mol. The Hall–Kier alpha value is -3.98. The molecule has 0 aliphatic heterocycles. The van der Waals surface area contributed by atoms with Crippen LogP contribution in [0.5, 0.6) is 5.75 Å². The van der Waals surface area contributed by atoms with E-state index in [1.54, 1.807) is 42.3 Å². The Bertz CT molecular complexity index is 1500. The lowest BCUT2D eigenvalue weighted by Crippen LogP contribution is -2.24. The lowest BCUT2D eigenvalue weighted by Gasteiger charge is -2.06. The zero-order valence-electron chi connectivity index (χ0n) is 18.0. The molecule has 3 heterocycles. The number of hydrogen-bond donors (Lipinski definition) is 0. The minimum atomic E-state index is -0.271. The van der Waals surface area contributed by atoms with Gasteiger partial charge < -0.3 is 4.74 Å². The van der Waals surface area contributed by atoms with Crippen LogP contribution in [-0.2, 0) is 13.1 Å². The van der Waals surface area contributed by atoms with E-state index in [1.807, 2.05) is 25.1 Å². The van der Waals surface area contributed by atoms with E-state index < -0.39 is 0 Å². The maximum Gasteiger partial charge on any atom is 0.350 e. The lowest BCUT2D eigenvalue weighted by atomic mass is 10.1. The first-order valence-corrected chi connectivity index (χ1v) is 10.6. The summed E-state index contributed by atoms with van der Waals surface area (Å²) in [6.45, 7) is 2.71.